The van der Waals surface area contributed by atoms with Crippen molar-refractivity contribution in [3.05, 3.63) is 52.2 Å². The van der Waals surface area contributed by atoms with Crippen LogP contribution in [0.5, 0.6) is 0 Å². The Morgan fingerprint density at radius 1 is 1.15 bits per heavy atom. The van der Waals surface area contributed by atoms with E-state index in [0.717, 1.165) is 6.54 Å². The van der Waals surface area contributed by atoms with Crippen LogP contribution in [0.1, 0.15) is 35.6 Å². The highest BCUT2D eigenvalue weighted by Gasteiger charge is 2.20. The number of hydrogen-bond donors (Lipinski definition) is 1. The number of benzene rings is 1. The van der Waals surface area contributed by atoms with E-state index < -0.39 is 0 Å². The van der Waals surface area contributed by atoms with Gasteiger partial charge in [0.25, 0.3) is 0 Å². The molecule has 108 valence electrons. The molecule has 0 fully saturated rings. The van der Waals surface area contributed by atoms with Crippen LogP contribution < -0.4 is 10.6 Å². The molecular formula is C17H24N2S. The zero-order chi connectivity index (χ0) is 14.4. The number of unbranched alkanes of at least 4 members (excludes halogenated alkanes) is 1. The van der Waals surface area contributed by atoms with Crippen LogP contribution in [-0.2, 0) is 0 Å². The van der Waals surface area contributed by atoms with Gasteiger partial charge in [-0.1, -0.05) is 31.5 Å². The minimum absolute atomic E-state index is 0.280. The Labute approximate surface area is 126 Å². The summed E-state index contributed by atoms with van der Waals surface area (Å²) in [6.45, 7) is 6.09. The molecule has 0 aliphatic carbocycles. The highest BCUT2D eigenvalue weighted by molar-refractivity contribution is 7.12. The van der Waals surface area contributed by atoms with Crippen LogP contribution in [-0.4, -0.2) is 13.1 Å². The first-order valence-electron chi connectivity index (χ1n) is 7.34. The summed E-state index contributed by atoms with van der Waals surface area (Å²) in [4.78, 5) is 5.17. The molecule has 0 aliphatic heterocycles. The third-order valence-electron chi connectivity index (χ3n) is 3.53. The summed E-state index contributed by atoms with van der Waals surface area (Å²) in [5, 5.41) is 0. The summed E-state index contributed by atoms with van der Waals surface area (Å²) in [6, 6.07) is 15.3. The van der Waals surface area contributed by atoms with E-state index in [2.05, 4.69) is 61.2 Å². The van der Waals surface area contributed by atoms with E-state index in [-0.39, 0.29) is 6.04 Å². The van der Waals surface area contributed by atoms with Crippen molar-refractivity contribution in [3.8, 4) is 0 Å². The number of rotatable bonds is 7. The second-order valence-electron chi connectivity index (χ2n) is 5.08. The van der Waals surface area contributed by atoms with Crippen LogP contribution in [0.2, 0.25) is 0 Å². The van der Waals surface area contributed by atoms with Gasteiger partial charge in [0, 0.05) is 28.5 Å². The molecular weight excluding hydrogens is 264 g/mol. The molecule has 3 heteroatoms. The van der Waals surface area contributed by atoms with Crippen LogP contribution in [0.4, 0.5) is 5.69 Å². The molecule has 0 spiro atoms. The lowest BCUT2D eigenvalue weighted by atomic mass is 10.1. The maximum absolute atomic E-state index is 6.09. The van der Waals surface area contributed by atoms with Crippen LogP contribution in [0.25, 0.3) is 0 Å². The van der Waals surface area contributed by atoms with E-state index >= 15 is 0 Å². The molecule has 1 unspecified atom stereocenters. The molecule has 0 radical (unpaired) electrons. The molecule has 0 saturated carbocycles. The lowest BCUT2D eigenvalue weighted by Crippen LogP contribution is -2.34. The number of nitrogens with two attached hydrogens (primary N) is 1. The largest absolute Gasteiger partial charge is 0.362 e. The molecule has 1 aromatic carbocycles. The van der Waals surface area contributed by atoms with Crippen molar-refractivity contribution < 1.29 is 0 Å². The van der Waals surface area contributed by atoms with E-state index in [1.165, 1.54) is 28.3 Å². The predicted molar refractivity (Wildman–Crippen MR) is 89.5 cm³/mol. The number of anilines is 1. The van der Waals surface area contributed by atoms with Gasteiger partial charge in [-0.3, -0.25) is 0 Å². The van der Waals surface area contributed by atoms with Crippen LogP contribution >= 0.6 is 11.3 Å². The Balaban J connectivity index is 2.28. The Bertz CT molecular complexity index is 507. The van der Waals surface area contributed by atoms with Crippen molar-refractivity contribution in [2.24, 2.45) is 5.73 Å². The number of nitrogens with zero attached hydrogens (tertiary/aromatic N) is 1. The third kappa shape index (κ3) is 3.62. The van der Waals surface area contributed by atoms with Crippen LogP contribution in [0.3, 0.4) is 0 Å². The minimum atomic E-state index is 0.280. The molecule has 1 atom stereocenters. The topological polar surface area (TPSA) is 29.3 Å². The Morgan fingerprint density at radius 2 is 1.90 bits per heavy atom. The van der Waals surface area contributed by atoms with Gasteiger partial charge >= 0.3 is 0 Å². The van der Waals surface area contributed by atoms with E-state index in [1.807, 2.05) is 11.3 Å². The zero-order valence-electron chi connectivity index (χ0n) is 12.4. The number of hydrogen-bond acceptors (Lipinski definition) is 3. The maximum atomic E-state index is 6.09. The predicted octanol–water partition coefficient (Wildman–Crippen LogP) is 4.36. The lowest BCUT2D eigenvalue weighted by molar-refractivity contribution is 0.612. The van der Waals surface area contributed by atoms with Gasteiger partial charge in [-0.2, -0.15) is 0 Å². The standard InChI is InChI=1S/C17H24N2S/c1-3-4-12-19(15-8-6-5-7-9-15)16(13-18)17-11-10-14(2)20-17/h5-11,16H,3-4,12-13,18H2,1-2H3. The average molecular weight is 288 g/mol. The van der Waals surface area contributed by atoms with Gasteiger partial charge < -0.3 is 10.6 Å². The minimum Gasteiger partial charge on any atom is -0.362 e. The van der Waals surface area contributed by atoms with Crippen molar-refractivity contribution in [2.75, 3.05) is 18.0 Å². The van der Waals surface area contributed by atoms with Crippen molar-refractivity contribution in [2.45, 2.75) is 32.7 Å². The normalized spacial score (nSPS) is 12.3. The summed E-state index contributed by atoms with van der Waals surface area (Å²) < 4.78 is 0. The first-order valence-corrected chi connectivity index (χ1v) is 8.16. The quantitative estimate of drug-likeness (QED) is 0.820. The molecule has 2 aromatic rings. The van der Waals surface area contributed by atoms with Crippen molar-refractivity contribution in [1.29, 1.82) is 0 Å². The molecule has 0 amide bonds. The van der Waals surface area contributed by atoms with Gasteiger partial charge in [-0.15, -0.1) is 11.3 Å². The highest BCUT2D eigenvalue weighted by atomic mass is 32.1. The molecule has 2 N–H and O–H groups in total. The summed E-state index contributed by atoms with van der Waals surface area (Å²) in [6.07, 6.45) is 2.39. The van der Waals surface area contributed by atoms with E-state index in [0.29, 0.717) is 6.54 Å². The highest BCUT2D eigenvalue weighted by Crippen LogP contribution is 2.31. The van der Waals surface area contributed by atoms with Gasteiger partial charge in [-0.25, -0.2) is 0 Å². The first kappa shape index (κ1) is 15.1. The molecule has 20 heavy (non-hydrogen) atoms. The molecule has 2 rings (SSSR count). The fraction of sp³-hybridized carbons (Fsp3) is 0.412. The second kappa shape index (κ2) is 7.46. The van der Waals surface area contributed by atoms with Crippen LogP contribution in [0, 0.1) is 6.92 Å². The van der Waals surface area contributed by atoms with Gasteiger partial charge in [-0.05, 0) is 37.6 Å². The zero-order valence-corrected chi connectivity index (χ0v) is 13.2. The summed E-state index contributed by atoms with van der Waals surface area (Å²) in [5.41, 5.74) is 7.36. The number of thiophene rings is 1. The smallest absolute Gasteiger partial charge is 0.0757 e. The number of para-hydroxylation sites is 1. The fourth-order valence-corrected chi connectivity index (χ4v) is 3.45. The van der Waals surface area contributed by atoms with E-state index in [1.54, 1.807) is 0 Å². The molecule has 1 heterocycles. The Kier molecular flexibility index (Phi) is 5.62. The SMILES string of the molecule is CCCCN(c1ccccc1)C(CN)c1ccc(C)s1. The molecule has 0 bridgehead atoms. The van der Waals surface area contributed by atoms with Crippen molar-refractivity contribution in [3.63, 3.8) is 0 Å². The van der Waals surface area contributed by atoms with E-state index in [4.69, 9.17) is 5.73 Å². The second-order valence-corrected chi connectivity index (χ2v) is 6.40. The average Bonchev–Trinajstić information content (AvgIpc) is 2.90. The van der Waals surface area contributed by atoms with E-state index in [9.17, 15) is 0 Å². The Hall–Kier alpha value is -1.32. The molecule has 2 nitrogen and oxygen atoms in total. The van der Waals surface area contributed by atoms with Crippen LogP contribution in [0.15, 0.2) is 42.5 Å². The summed E-state index contributed by atoms with van der Waals surface area (Å²) in [5.74, 6) is 0. The number of aryl methyl sites for hydroxylation is 1. The fourth-order valence-electron chi connectivity index (χ4n) is 2.44. The molecule has 1 aromatic heterocycles. The first-order chi connectivity index (χ1) is 9.76. The molecule has 0 saturated heterocycles. The molecule has 0 aliphatic rings. The lowest BCUT2D eigenvalue weighted by Gasteiger charge is -2.32. The summed E-state index contributed by atoms with van der Waals surface area (Å²) >= 11 is 1.86. The van der Waals surface area contributed by atoms with Gasteiger partial charge in [0.15, 0.2) is 0 Å². The van der Waals surface area contributed by atoms with Gasteiger partial charge in [0.1, 0.15) is 0 Å². The summed E-state index contributed by atoms with van der Waals surface area (Å²) in [7, 11) is 0. The van der Waals surface area contributed by atoms with Gasteiger partial charge in [0.05, 0.1) is 6.04 Å². The third-order valence-corrected chi connectivity index (χ3v) is 4.63. The van der Waals surface area contributed by atoms with Crippen molar-refractivity contribution >= 4 is 17.0 Å². The van der Waals surface area contributed by atoms with Crippen molar-refractivity contribution in [1.82, 2.24) is 0 Å². The maximum Gasteiger partial charge on any atom is 0.0757 e. The Morgan fingerprint density at radius 3 is 2.45 bits per heavy atom. The monoisotopic (exact) mass is 288 g/mol. The van der Waals surface area contributed by atoms with Gasteiger partial charge in [0.2, 0.25) is 0 Å².